The summed E-state index contributed by atoms with van der Waals surface area (Å²) < 4.78 is 17.1. The lowest BCUT2D eigenvalue weighted by Crippen LogP contribution is -2.49. The van der Waals surface area contributed by atoms with Crippen LogP contribution in [0.15, 0.2) is 17.1 Å². The van der Waals surface area contributed by atoms with Gasteiger partial charge in [0.1, 0.15) is 11.6 Å². The highest BCUT2D eigenvalue weighted by atomic mass is 19.1. The number of carboxylic acids is 1. The molecular weight excluding hydrogens is 357 g/mol. The molecule has 3 heterocycles. The summed E-state index contributed by atoms with van der Waals surface area (Å²) in [6, 6.07) is 0.418. The van der Waals surface area contributed by atoms with E-state index in [1.165, 1.54) is 21.7 Å². The molecule has 27 heavy (non-hydrogen) atoms. The van der Waals surface area contributed by atoms with Gasteiger partial charge in [-0.05, 0) is 25.3 Å². The van der Waals surface area contributed by atoms with Crippen molar-refractivity contribution < 1.29 is 24.2 Å². The van der Waals surface area contributed by atoms with Gasteiger partial charge in [-0.2, -0.15) is 0 Å². The minimum Gasteiger partial charge on any atom is -0.477 e. The fraction of sp³-hybridized carbons (Fsp3) is 0.389. The molecule has 8 nitrogen and oxygen atoms in total. The molecule has 2 aromatic rings. The zero-order valence-electron chi connectivity index (χ0n) is 14.1. The SMILES string of the molecule is O=C(O)c1cn(C2CC2)c2c(F)c3c(cc2c1=O)NC(=O)C1C(O)CCN31. The molecule has 9 heteroatoms. The van der Waals surface area contributed by atoms with Gasteiger partial charge in [-0.15, -0.1) is 0 Å². The molecule has 2 unspecified atom stereocenters. The van der Waals surface area contributed by atoms with Crippen molar-refractivity contribution in [3.63, 3.8) is 0 Å². The fourth-order valence-electron chi connectivity index (χ4n) is 4.18. The molecule has 0 radical (unpaired) electrons. The summed E-state index contributed by atoms with van der Waals surface area (Å²) in [7, 11) is 0. The van der Waals surface area contributed by atoms with Crippen molar-refractivity contribution in [2.45, 2.75) is 37.5 Å². The Balaban J connectivity index is 1.85. The number of anilines is 2. The Morgan fingerprint density at radius 1 is 1.26 bits per heavy atom. The summed E-state index contributed by atoms with van der Waals surface area (Å²) in [6.07, 6.45) is 2.19. The van der Waals surface area contributed by atoms with Crippen molar-refractivity contribution in [2.75, 3.05) is 16.8 Å². The first-order valence-electron chi connectivity index (χ1n) is 8.78. The largest absolute Gasteiger partial charge is 0.477 e. The lowest BCUT2D eigenvalue weighted by molar-refractivity contribution is -0.119. The van der Waals surface area contributed by atoms with Crippen LogP contribution in [0.5, 0.6) is 0 Å². The van der Waals surface area contributed by atoms with E-state index in [0.29, 0.717) is 13.0 Å². The number of pyridine rings is 1. The number of halogens is 1. The van der Waals surface area contributed by atoms with Crippen LogP contribution in [0.3, 0.4) is 0 Å². The Labute approximate surface area is 151 Å². The number of amides is 1. The van der Waals surface area contributed by atoms with Crippen molar-refractivity contribution in [1.82, 2.24) is 4.57 Å². The molecule has 1 saturated heterocycles. The molecule has 2 atom stereocenters. The van der Waals surface area contributed by atoms with Crippen molar-refractivity contribution in [3.8, 4) is 0 Å². The molecule has 0 spiro atoms. The predicted molar refractivity (Wildman–Crippen MR) is 93.8 cm³/mol. The maximum Gasteiger partial charge on any atom is 0.341 e. The van der Waals surface area contributed by atoms with E-state index in [4.69, 9.17) is 0 Å². The zero-order chi connectivity index (χ0) is 19.0. The first kappa shape index (κ1) is 16.2. The topological polar surface area (TPSA) is 112 Å². The van der Waals surface area contributed by atoms with Gasteiger partial charge in [0, 0.05) is 18.8 Å². The number of aromatic carboxylic acids is 1. The molecular formula is C18H16FN3O5. The van der Waals surface area contributed by atoms with Crippen LogP contribution in [0.2, 0.25) is 0 Å². The Bertz CT molecular complexity index is 1090. The Hall–Kier alpha value is -2.94. The molecule has 1 amide bonds. The van der Waals surface area contributed by atoms with Crippen LogP contribution in [0.4, 0.5) is 15.8 Å². The van der Waals surface area contributed by atoms with Crippen LogP contribution in [-0.4, -0.2) is 45.3 Å². The van der Waals surface area contributed by atoms with Crippen molar-refractivity contribution >= 4 is 34.2 Å². The predicted octanol–water partition coefficient (Wildman–Crippen LogP) is 1.07. The number of fused-ring (bicyclic) bond motifs is 4. The number of carboxylic acid groups (broad SMARTS) is 1. The summed E-state index contributed by atoms with van der Waals surface area (Å²) in [4.78, 5) is 38.0. The summed E-state index contributed by atoms with van der Waals surface area (Å²) in [5, 5.41) is 21.9. The minimum atomic E-state index is -1.37. The Morgan fingerprint density at radius 2 is 2.00 bits per heavy atom. The van der Waals surface area contributed by atoms with Crippen molar-refractivity contribution in [3.05, 3.63) is 33.9 Å². The van der Waals surface area contributed by atoms with E-state index in [2.05, 4.69) is 5.32 Å². The lowest BCUT2D eigenvalue weighted by Gasteiger charge is -2.34. The van der Waals surface area contributed by atoms with Crippen molar-refractivity contribution in [1.29, 1.82) is 0 Å². The maximum absolute atomic E-state index is 15.6. The van der Waals surface area contributed by atoms with Crippen molar-refractivity contribution in [2.24, 2.45) is 0 Å². The van der Waals surface area contributed by atoms with Gasteiger partial charge in [-0.25, -0.2) is 9.18 Å². The number of carbonyl (C=O) groups excluding carboxylic acids is 1. The average molecular weight is 373 g/mol. The van der Waals surface area contributed by atoms with Gasteiger partial charge in [0.15, 0.2) is 5.82 Å². The molecule has 1 saturated carbocycles. The minimum absolute atomic E-state index is 0.0440. The summed E-state index contributed by atoms with van der Waals surface area (Å²) in [5.41, 5.74) is -0.903. The van der Waals surface area contributed by atoms with E-state index in [-0.39, 0.29) is 28.3 Å². The van der Waals surface area contributed by atoms with Gasteiger partial charge in [0.05, 0.1) is 28.4 Å². The molecule has 1 aromatic carbocycles. The maximum atomic E-state index is 15.6. The van der Waals surface area contributed by atoms with Gasteiger partial charge in [-0.3, -0.25) is 9.59 Å². The summed E-state index contributed by atoms with van der Waals surface area (Å²) in [5.74, 6) is -2.52. The van der Waals surface area contributed by atoms with Crippen LogP contribution in [0.1, 0.15) is 35.7 Å². The molecule has 3 aliphatic rings. The molecule has 5 rings (SSSR count). The monoisotopic (exact) mass is 373 g/mol. The van der Waals surface area contributed by atoms with E-state index >= 15 is 4.39 Å². The third kappa shape index (κ3) is 2.14. The highest BCUT2D eigenvalue weighted by Gasteiger charge is 2.44. The lowest BCUT2D eigenvalue weighted by atomic mass is 10.0. The molecule has 3 N–H and O–H groups in total. The van der Waals surface area contributed by atoms with Crippen LogP contribution in [0, 0.1) is 5.82 Å². The second-order valence-electron chi connectivity index (χ2n) is 7.28. The summed E-state index contributed by atoms with van der Waals surface area (Å²) in [6.45, 7) is 0.315. The van der Waals surface area contributed by atoms with E-state index in [0.717, 1.165) is 12.8 Å². The number of benzene rings is 1. The molecule has 1 aliphatic carbocycles. The third-order valence-electron chi connectivity index (χ3n) is 5.58. The van der Waals surface area contributed by atoms with Crippen LogP contribution in [0.25, 0.3) is 10.9 Å². The summed E-state index contributed by atoms with van der Waals surface area (Å²) >= 11 is 0. The quantitative estimate of drug-likeness (QED) is 0.726. The van der Waals surface area contributed by atoms with Gasteiger partial charge in [0.2, 0.25) is 11.3 Å². The highest BCUT2D eigenvalue weighted by molar-refractivity contribution is 6.08. The second kappa shape index (κ2) is 5.29. The molecule has 0 bridgehead atoms. The second-order valence-corrected chi connectivity index (χ2v) is 7.28. The number of hydrogen-bond acceptors (Lipinski definition) is 5. The Kier molecular flexibility index (Phi) is 3.18. The normalized spacial score (nSPS) is 23.9. The van der Waals surface area contributed by atoms with Gasteiger partial charge in [0.25, 0.3) is 0 Å². The standard InChI is InChI=1S/C18H16FN3O5/c19-12-13-8(16(24)9(18(26)27)6-22(13)7-1-2-7)5-10-14(12)21-4-3-11(23)15(21)17(25)20-10/h5-7,11,15,23H,1-4H2,(H,20,25)(H,26,27). The molecule has 2 fully saturated rings. The molecule has 2 aliphatic heterocycles. The number of aliphatic hydroxyl groups is 1. The first-order chi connectivity index (χ1) is 12.9. The number of hydrogen-bond donors (Lipinski definition) is 3. The van der Waals surface area contributed by atoms with Gasteiger partial charge >= 0.3 is 5.97 Å². The zero-order valence-corrected chi connectivity index (χ0v) is 14.1. The third-order valence-corrected chi connectivity index (χ3v) is 5.58. The van der Waals surface area contributed by atoms with Crippen LogP contribution in [-0.2, 0) is 4.79 Å². The van der Waals surface area contributed by atoms with Crippen LogP contribution < -0.4 is 15.6 Å². The molecule has 1 aromatic heterocycles. The smallest absolute Gasteiger partial charge is 0.341 e. The number of aromatic nitrogens is 1. The number of nitrogens with one attached hydrogen (secondary N) is 1. The number of carbonyl (C=O) groups is 2. The Morgan fingerprint density at radius 3 is 2.67 bits per heavy atom. The van der Waals surface area contributed by atoms with Gasteiger partial charge in [-0.1, -0.05) is 0 Å². The number of aliphatic hydroxyl groups excluding tert-OH is 1. The van der Waals surface area contributed by atoms with E-state index in [9.17, 15) is 24.6 Å². The van der Waals surface area contributed by atoms with E-state index in [1.807, 2.05) is 0 Å². The number of nitrogens with zero attached hydrogens (tertiary/aromatic N) is 2. The van der Waals surface area contributed by atoms with Gasteiger partial charge < -0.3 is 25.0 Å². The highest BCUT2D eigenvalue weighted by Crippen LogP contribution is 2.44. The fourth-order valence-corrected chi connectivity index (χ4v) is 4.18. The van der Waals surface area contributed by atoms with E-state index < -0.39 is 40.8 Å². The van der Waals surface area contributed by atoms with E-state index in [1.54, 1.807) is 0 Å². The first-order valence-corrected chi connectivity index (χ1v) is 8.78. The molecule has 140 valence electrons. The number of rotatable bonds is 2. The average Bonchev–Trinajstić information content (AvgIpc) is 3.38. The van der Waals surface area contributed by atoms with Crippen LogP contribution >= 0.6 is 0 Å².